The maximum Gasteiger partial charge on any atom is 0.129 e. The van der Waals surface area contributed by atoms with Crippen LogP contribution in [-0.4, -0.2) is 9.97 Å². The van der Waals surface area contributed by atoms with E-state index in [-0.39, 0.29) is 5.69 Å². The summed E-state index contributed by atoms with van der Waals surface area (Å²) in [6, 6.07) is 1.64. The van der Waals surface area contributed by atoms with Crippen molar-refractivity contribution in [2.75, 3.05) is 0 Å². The van der Waals surface area contributed by atoms with Crippen LogP contribution < -0.4 is 5.11 Å². The number of aromatic amines is 1. The predicted molar refractivity (Wildman–Crippen MR) is 22.7 cm³/mol. The monoisotopic (exact) mass is 108 g/mol. The molecule has 0 bridgehead atoms. The van der Waals surface area contributed by atoms with Crippen LogP contribution in [0.1, 0.15) is 5.69 Å². The van der Waals surface area contributed by atoms with E-state index >= 15 is 0 Å². The summed E-state index contributed by atoms with van der Waals surface area (Å²) in [6.45, 7) is 0. The van der Waals surface area contributed by atoms with Gasteiger partial charge in [-0.3, -0.25) is 4.98 Å². The first-order valence-corrected chi connectivity index (χ1v) is 1.95. The summed E-state index contributed by atoms with van der Waals surface area (Å²) in [6.07, 6.45) is 1.20. The minimum absolute atomic E-state index is 0.00926. The number of nitrogens with zero attached hydrogens (tertiary/aromatic N) is 2. The van der Waals surface area contributed by atoms with Crippen molar-refractivity contribution < 1.29 is 5.11 Å². The number of nitriles is 1. The zero-order chi connectivity index (χ0) is 5.98. The Hall–Kier alpha value is -1.50. The molecule has 1 rings (SSSR count). The Morgan fingerprint density at radius 1 is 1.88 bits per heavy atom. The molecule has 8 heavy (non-hydrogen) atoms. The molecule has 0 saturated carbocycles. The van der Waals surface area contributed by atoms with Crippen LogP contribution in [0.2, 0.25) is 0 Å². The van der Waals surface area contributed by atoms with E-state index in [4.69, 9.17) is 5.26 Å². The first-order valence-electron chi connectivity index (χ1n) is 1.95. The maximum absolute atomic E-state index is 10.3. The Morgan fingerprint density at radius 3 is 2.88 bits per heavy atom. The molecule has 0 unspecified atom stereocenters. The Labute approximate surface area is 45.4 Å². The molecule has 4 heteroatoms. The number of hydrogen-bond donors (Lipinski definition) is 1. The Morgan fingerprint density at radius 2 is 2.62 bits per heavy atom. The Bertz CT molecular complexity index is 221. The van der Waals surface area contributed by atoms with Crippen LogP contribution in [-0.2, 0) is 0 Å². The van der Waals surface area contributed by atoms with Gasteiger partial charge in [-0.1, -0.05) is 0 Å². The molecule has 4 nitrogen and oxygen atoms in total. The average molecular weight is 108 g/mol. The summed E-state index contributed by atoms with van der Waals surface area (Å²) >= 11 is 0. The molecule has 0 fully saturated rings. The summed E-state index contributed by atoms with van der Waals surface area (Å²) in [5, 5.41) is 18.4. The van der Waals surface area contributed by atoms with Gasteiger partial charge in [0.15, 0.2) is 0 Å². The van der Waals surface area contributed by atoms with Gasteiger partial charge in [-0.25, -0.2) is 0 Å². The van der Waals surface area contributed by atoms with Crippen LogP contribution in [0.4, 0.5) is 0 Å². The number of rotatable bonds is 0. The molecule has 0 radical (unpaired) electrons. The van der Waals surface area contributed by atoms with Crippen molar-refractivity contribution >= 4 is 0 Å². The maximum atomic E-state index is 10.3. The van der Waals surface area contributed by atoms with Crippen LogP contribution in [0.15, 0.2) is 6.33 Å². The van der Waals surface area contributed by atoms with Crippen LogP contribution in [0.3, 0.4) is 0 Å². The van der Waals surface area contributed by atoms with Crippen LogP contribution in [0.25, 0.3) is 0 Å². The molecule has 0 amide bonds. The molecule has 40 valence electrons. The predicted octanol–water partition coefficient (Wildman–Crippen LogP) is -0.645. The number of imidazole rings is 1. The molecule has 1 heterocycles. The highest BCUT2D eigenvalue weighted by molar-refractivity contribution is 5.27. The van der Waals surface area contributed by atoms with Crippen molar-refractivity contribution in [2.24, 2.45) is 0 Å². The molecule has 0 atom stereocenters. The van der Waals surface area contributed by atoms with Crippen LogP contribution >= 0.6 is 0 Å². The van der Waals surface area contributed by atoms with Crippen molar-refractivity contribution in [1.29, 1.82) is 5.26 Å². The number of hydrogen-bond acceptors (Lipinski definition) is 3. The lowest BCUT2D eigenvalue weighted by molar-refractivity contribution is -0.274. The highest BCUT2D eigenvalue weighted by atomic mass is 16.3. The van der Waals surface area contributed by atoms with Crippen molar-refractivity contribution in [1.82, 2.24) is 9.97 Å². The first kappa shape index (κ1) is 4.65. The molecule has 0 aliphatic carbocycles. The van der Waals surface area contributed by atoms with E-state index in [1.807, 2.05) is 0 Å². The molecule has 1 aromatic rings. The molecule has 0 aliphatic rings. The van der Waals surface area contributed by atoms with Gasteiger partial charge in [0.1, 0.15) is 11.8 Å². The smallest absolute Gasteiger partial charge is 0.129 e. The van der Waals surface area contributed by atoms with E-state index in [0.717, 1.165) is 0 Å². The van der Waals surface area contributed by atoms with Crippen molar-refractivity contribution in [3.8, 4) is 11.9 Å². The van der Waals surface area contributed by atoms with Gasteiger partial charge in [0, 0.05) is 5.88 Å². The summed E-state index contributed by atoms with van der Waals surface area (Å²) in [4.78, 5) is 5.62. The average Bonchev–Trinajstić information content (AvgIpc) is 2.14. The number of H-pyrrole nitrogens is 1. The summed E-state index contributed by atoms with van der Waals surface area (Å²) in [5.41, 5.74) is -0.00926. The van der Waals surface area contributed by atoms with Gasteiger partial charge in [0.05, 0.1) is 6.33 Å². The summed E-state index contributed by atoms with van der Waals surface area (Å²) in [5.74, 6) is -0.493. The lowest BCUT2D eigenvalue weighted by Gasteiger charge is -1.92. The van der Waals surface area contributed by atoms with Gasteiger partial charge < -0.3 is 10.1 Å². The fraction of sp³-hybridized carbons (Fsp3) is 0. The highest BCUT2D eigenvalue weighted by Gasteiger charge is 1.88. The molecule has 0 saturated heterocycles. The minimum atomic E-state index is -0.493. The van der Waals surface area contributed by atoms with Gasteiger partial charge >= 0.3 is 0 Å². The summed E-state index contributed by atoms with van der Waals surface area (Å²) < 4.78 is 0. The van der Waals surface area contributed by atoms with Crippen molar-refractivity contribution in [3.63, 3.8) is 0 Å². The van der Waals surface area contributed by atoms with Crippen LogP contribution in [0.5, 0.6) is 5.88 Å². The molecule has 0 spiro atoms. The fourth-order valence-corrected chi connectivity index (χ4v) is 0.362. The van der Waals surface area contributed by atoms with Crippen molar-refractivity contribution in [3.05, 3.63) is 12.0 Å². The van der Waals surface area contributed by atoms with E-state index in [1.165, 1.54) is 6.33 Å². The second-order valence-corrected chi connectivity index (χ2v) is 1.19. The molecule has 1 aromatic heterocycles. The molecule has 0 aliphatic heterocycles. The van der Waals surface area contributed by atoms with Gasteiger partial charge in [-0.15, -0.1) is 0 Å². The lowest BCUT2D eigenvalue weighted by Crippen LogP contribution is -1.91. The third-order valence-corrected chi connectivity index (χ3v) is 0.716. The highest BCUT2D eigenvalue weighted by Crippen LogP contribution is 2.01. The zero-order valence-electron chi connectivity index (χ0n) is 3.88. The van der Waals surface area contributed by atoms with E-state index in [0.29, 0.717) is 0 Å². The minimum Gasteiger partial charge on any atom is -0.857 e. The molecular formula is C4H2N3O-. The normalized spacial score (nSPS) is 8.38. The number of aromatic nitrogens is 2. The molecule has 1 N–H and O–H groups in total. The van der Waals surface area contributed by atoms with Gasteiger partial charge in [0.25, 0.3) is 0 Å². The molecule has 0 aromatic carbocycles. The molecular weight excluding hydrogens is 106 g/mol. The van der Waals surface area contributed by atoms with E-state index < -0.39 is 5.88 Å². The SMILES string of the molecule is N#Cc1[nH]cnc1[O-]. The fourth-order valence-electron chi connectivity index (χ4n) is 0.362. The topological polar surface area (TPSA) is 75.5 Å². The van der Waals surface area contributed by atoms with Gasteiger partial charge in [0.2, 0.25) is 0 Å². The lowest BCUT2D eigenvalue weighted by atomic mass is 10.5. The van der Waals surface area contributed by atoms with E-state index in [2.05, 4.69) is 9.97 Å². The zero-order valence-corrected chi connectivity index (χ0v) is 3.88. The third-order valence-electron chi connectivity index (χ3n) is 0.716. The largest absolute Gasteiger partial charge is 0.857 e. The number of nitrogens with one attached hydrogen (secondary N) is 1. The van der Waals surface area contributed by atoms with Crippen LogP contribution in [0, 0.1) is 11.3 Å². The van der Waals surface area contributed by atoms with E-state index in [9.17, 15) is 5.11 Å². The van der Waals surface area contributed by atoms with Crippen molar-refractivity contribution in [2.45, 2.75) is 0 Å². The van der Waals surface area contributed by atoms with E-state index in [1.54, 1.807) is 6.07 Å². The standard InChI is InChI=1S/C4H3N3O/c5-1-3-4(8)7-2-6-3/h2,8H,(H,6,7)/p-1. The third kappa shape index (κ3) is 0.500. The first-order chi connectivity index (χ1) is 3.84. The Balaban J connectivity index is 3.15. The van der Waals surface area contributed by atoms with Gasteiger partial charge in [-0.05, 0) is 0 Å². The second-order valence-electron chi connectivity index (χ2n) is 1.19. The quantitative estimate of drug-likeness (QED) is 0.480. The summed E-state index contributed by atoms with van der Waals surface area (Å²) in [7, 11) is 0. The Kier molecular flexibility index (Phi) is 0.897. The second kappa shape index (κ2) is 1.54. The van der Waals surface area contributed by atoms with Gasteiger partial charge in [-0.2, -0.15) is 5.26 Å².